The Hall–Kier alpha value is -1.10. The summed E-state index contributed by atoms with van der Waals surface area (Å²) in [6.07, 6.45) is -0.608. The van der Waals surface area contributed by atoms with Gasteiger partial charge in [0.05, 0.1) is 6.61 Å². The number of benzene rings is 1. The zero-order valence-electron chi connectivity index (χ0n) is 13.2. The second-order valence-corrected chi connectivity index (χ2v) is 6.09. The zero-order chi connectivity index (χ0) is 15.2. The number of rotatable bonds is 7. The Bertz CT molecular complexity index is 413. The topological polar surface area (TPSA) is 50.7 Å². The van der Waals surface area contributed by atoms with E-state index in [0.717, 1.165) is 23.4 Å². The summed E-state index contributed by atoms with van der Waals surface area (Å²) >= 11 is 0. The number of ether oxygens (including phenoxy) is 2. The summed E-state index contributed by atoms with van der Waals surface area (Å²) in [4.78, 5) is 0. The quantitative estimate of drug-likeness (QED) is 0.805. The molecule has 20 heavy (non-hydrogen) atoms. The first kappa shape index (κ1) is 17.0. The molecular formula is C16H27NO3. The van der Waals surface area contributed by atoms with E-state index in [0.29, 0.717) is 0 Å². The molecule has 0 heterocycles. The van der Waals surface area contributed by atoms with Crippen LogP contribution in [0.4, 0.5) is 0 Å². The van der Waals surface area contributed by atoms with Crippen LogP contribution in [0.1, 0.15) is 31.9 Å². The van der Waals surface area contributed by atoms with Gasteiger partial charge in [0.15, 0.2) is 0 Å². The van der Waals surface area contributed by atoms with Crippen LogP contribution in [0, 0.1) is 6.92 Å². The van der Waals surface area contributed by atoms with Gasteiger partial charge < -0.3 is 19.9 Å². The lowest BCUT2D eigenvalue weighted by atomic mass is 10.1. The molecule has 1 rings (SSSR count). The molecule has 0 aromatic heterocycles. The molecule has 1 aromatic rings. The fourth-order valence-electron chi connectivity index (χ4n) is 1.84. The second-order valence-electron chi connectivity index (χ2n) is 6.09. The van der Waals surface area contributed by atoms with E-state index in [-0.39, 0.29) is 18.8 Å². The van der Waals surface area contributed by atoms with Gasteiger partial charge >= 0.3 is 0 Å². The Morgan fingerprint density at radius 3 is 2.55 bits per heavy atom. The van der Waals surface area contributed by atoms with Crippen molar-refractivity contribution in [2.45, 2.75) is 45.9 Å². The first-order valence-electron chi connectivity index (χ1n) is 6.97. The van der Waals surface area contributed by atoms with Crippen LogP contribution in [-0.4, -0.2) is 37.1 Å². The Kier molecular flexibility index (Phi) is 6.46. The van der Waals surface area contributed by atoms with Gasteiger partial charge in [0, 0.05) is 24.8 Å². The van der Waals surface area contributed by atoms with E-state index >= 15 is 0 Å². The van der Waals surface area contributed by atoms with Crippen LogP contribution in [0.3, 0.4) is 0 Å². The SMILES string of the molecule is COCC(O)COc1c(C)cccc1CNC(C)(C)C. The van der Waals surface area contributed by atoms with Crippen molar-refractivity contribution in [3.05, 3.63) is 29.3 Å². The number of nitrogens with one attached hydrogen (secondary N) is 1. The van der Waals surface area contributed by atoms with Gasteiger partial charge in [-0.15, -0.1) is 0 Å². The monoisotopic (exact) mass is 281 g/mol. The van der Waals surface area contributed by atoms with E-state index in [9.17, 15) is 5.11 Å². The summed E-state index contributed by atoms with van der Waals surface area (Å²) in [5.41, 5.74) is 2.23. The maximum absolute atomic E-state index is 9.69. The minimum Gasteiger partial charge on any atom is -0.490 e. The Labute approximate surface area is 122 Å². The predicted octanol–water partition coefficient (Wildman–Crippen LogP) is 2.27. The first-order valence-corrected chi connectivity index (χ1v) is 6.97. The summed E-state index contributed by atoms with van der Waals surface area (Å²) in [7, 11) is 1.57. The van der Waals surface area contributed by atoms with Crippen LogP contribution in [0.5, 0.6) is 5.75 Å². The largest absolute Gasteiger partial charge is 0.490 e. The van der Waals surface area contributed by atoms with E-state index in [2.05, 4.69) is 26.1 Å². The number of hydrogen-bond donors (Lipinski definition) is 2. The lowest BCUT2D eigenvalue weighted by Crippen LogP contribution is -2.35. The van der Waals surface area contributed by atoms with Crippen molar-refractivity contribution < 1.29 is 14.6 Å². The third-order valence-electron chi connectivity index (χ3n) is 2.88. The first-order chi connectivity index (χ1) is 9.33. The van der Waals surface area contributed by atoms with E-state index in [1.54, 1.807) is 7.11 Å². The maximum atomic E-state index is 9.69. The average molecular weight is 281 g/mol. The number of hydrogen-bond acceptors (Lipinski definition) is 4. The standard InChI is InChI=1S/C16H27NO3/c1-12-7-6-8-13(9-17-16(2,3)4)15(12)20-11-14(18)10-19-5/h6-8,14,17-18H,9-11H2,1-5H3. The summed E-state index contributed by atoms with van der Waals surface area (Å²) in [6.45, 7) is 9.66. The van der Waals surface area contributed by atoms with Crippen LogP contribution in [0.25, 0.3) is 0 Å². The summed E-state index contributed by atoms with van der Waals surface area (Å²) in [5.74, 6) is 0.847. The van der Waals surface area contributed by atoms with Crippen molar-refractivity contribution in [3.8, 4) is 5.75 Å². The van der Waals surface area contributed by atoms with Crippen molar-refractivity contribution >= 4 is 0 Å². The molecule has 0 bridgehead atoms. The van der Waals surface area contributed by atoms with Crippen LogP contribution in [-0.2, 0) is 11.3 Å². The molecule has 0 aliphatic rings. The molecule has 1 unspecified atom stereocenters. The molecule has 0 saturated carbocycles. The summed E-state index contributed by atoms with van der Waals surface area (Å²) in [5, 5.41) is 13.1. The molecule has 0 radical (unpaired) electrons. The van der Waals surface area contributed by atoms with E-state index in [4.69, 9.17) is 9.47 Å². The lowest BCUT2D eigenvalue weighted by Gasteiger charge is -2.22. The van der Waals surface area contributed by atoms with Gasteiger partial charge in [-0.2, -0.15) is 0 Å². The van der Waals surface area contributed by atoms with Gasteiger partial charge in [-0.25, -0.2) is 0 Å². The molecular weight excluding hydrogens is 254 g/mol. The molecule has 4 heteroatoms. The van der Waals surface area contributed by atoms with Crippen LogP contribution >= 0.6 is 0 Å². The fraction of sp³-hybridized carbons (Fsp3) is 0.625. The Morgan fingerprint density at radius 1 is 1.25 bits per heavy atom. The van der Waals surface area contributed by atoms with Gasteiger partial charge in [-0.05, 0) is 33.3 Å². The second kappa shape index (κ2) is 7.62. The number of aryl methyl sites for hydroxylation is 1. The highest BCUT2D eigenvalue weighted by Gasteiger charge is 2.13. The van der Waals surface area contributed by atoms with Gasteiger partial charge in [-0.3, -0.25) is 0 Å². The lowest BCUT2D eigenvalue weighted by molar-refractivity contribution is 0.0321. The van der Waals surface area contributed by atoms with E-state index in [1.807, 2.05) is 25.1 Å². The number of aliphatic hydroxyl groups excluding tert-OH is 1. The van der Waals surface area contributed by atoms with E-state index in [1.165, 1.54) is 0 Å². The van der Waals surface area contributed by atoms with Crippen molar-refractivity contribution in [2.24, 2.45) is 0 Å². The van der Waals surface area contributed by atoms with Gasteiger partial charge in [0.25, 0.3) is 0 Å². The van der Waals surface area contributed by atoms with Crippen LogP contribution in [0.15, 0.2) is 18.2 Å². The molecule has 4 nitrogen and oxygen atoms in total. The Balaban J connectivity index is 2.72. The third kappa shape index (κ3) is 5.90. The third-order valence-corrected chi connectivity index (χ3v) is 2.88. The molecule has 0 spiro atoms. The van der Waals surface area contributed by atoms with Gasteiger partial charge in [0.2, 0.25) is 0 Å². The number of para-hydroxylation sites is 1. The molecule has 1 aromatic carbocycles. The average Bonchev–Trinajstić information content (AvgIpc) is 2.34. The summed E-state index contributed by atoms with van der Waals surface area (Å²) in [6, 6.07) is 6.08. The van der Waals surface area contributed by atoms with Crippen molar-refractivity contribution in [1.82, 2.24) is 5.32 Å². The fourth-order valence-corrected chi connectivity index (χ4v) is 1.84. The number of aliphatic hydroxyl groups is 1. The molecule has 0 aliphatic carbocycles. The minimum absolute atomic E-state index is 0.0522. The molecule has 0 amide bonds. The smallest absolute Gasteiger partial charge is 0.126 e. The molecule has 0 fully saturated rings. The molecule has 2 N–H and O–H groups in total. The molecule has 0 aliphatic heterocycles. The predicted molar refractivity (Wildman–Crippen MR) is 81.1 cm³/mol. The molecule has 114 valence electrons. The minimum atomic E-state index is -0.608. The van der Waals surface area contributed by atoms with Crippen LogP contribution in [0.2, 0.25) is 0 Å². The Morgan fingerprint density at radius 2 is 1.95 bits per heavy atom. The van der Waals surface area contributed by atoms with Crippen molar-refractivity contribution in [2.75, 3.05) is 20.3 Å². The maximum Gasteiger partial charge on any atom is 0.126 e. The van der Waals surface area contributed by atoms with E-state index < -0.39 is 6.10 Å². The van der Waals surface area contributed by atoms with Gasteiger partial charge in [-0.1, -0.05) is 18.2 Å². The summed E-state index contributed by atoms with van der Waals surface area (Å²) < 4.78 is 10.7. The highest BCUT2D eigenvalue weighted by molar-refractivity contribution is 5.40. The van der Waals surface area contributed by atoms with Gasteiger partial charge in [0.1, 0.15) is 18.5 Å². The van der Waals surface area contributed by atoms with Crippen LogP contribution < -0.4 is 10.1 Å². The van der Waals surface area contributed by atoms with Crippen molar-refractivity contribution in [1.29, 1.82) is 0 Å². The number of methoxy groups -OCH3 is 1. The van der Waals surface area contributed by atoms with Crippen molar-refractivity contribution in [3.63, 3.8) is 0 Å². The highest BCUT2D eigenvalue weighted by Crippen LogP contribution is 2.24. The highest BCUT2D eigenvalue weighted by atomic mass is 16.5. The molecule has 0 saturated heterocycles. The molecule has 1 atom stereocenters. The normalized spacial score (nSPS) is 13.3. The zero-order valence-corrected chi connectivity index (χ0v) is 13.2.